The van der Waals surface area contributed by atoms with Gasteiger partial charge in [0.15, 0.2) is 0 Å². The molecule has 0 aliphatic heterocycles. The van der Waals surface area contributed by atoms with Crippen LogP contribution >= 0.6 is 0 Å². The van der Waals surface area contributed by atoms with Crippen LogP contribution in [0.2, 0.25) is 0 Å². The zero-order valence-electron chi connectivity index (χ0n) is 14.1. The molecule has 1 rings (SSSR count). The Morgan fingerprint density at radius 2 is 2.05 bits per heavy atom. The van der Waals surface area contributed by atoms with Crippen molar-refractivity contribution in [1.29, 1.82) is 0 Å². The SMILES string of the molecule is COCC(NC(=O)OC(C)(C)C)C1CC(C)(C)CCC1=O. The summed E-state index contributed by atoms with van der Waals surface area (Å²) >= 11 is 0. The molecule has 2 atom stereocenters. The second-order valence-electron chi connectivity index (χ2n) is 7.65. The molecule has 0 saturated heterocycles. The van der Waals surface area contributed by atoms with Gasteiger partial charge in [0.1, 0.15) is 11.4 Å². The molecular weight excluding hydrogens is 270 g/mol. The number of ketones is 1. The Balaban J connectivity index is 2.75. The Labute approximate surface area is 127 Å². The molecule has 21 heavy (non-hydrogen) atoms. The minimum Gasteiger partial charge on any atom is -0.444 e. The van der Waals surface area contributed by atoms with E-state index >= 15 is 0 Å². The van der Waals surface area contributed by atoms with E-state index in [2.05, 4.69) is 19.2 Å². The minimum atomic E-state index is -0.558. The van der Waals surface area contributed by atoms with Gasteiger partial charge in [-0.2, -0.15) is 0 Å². The van der Waals surface area contributed by atoms with E-state index in [-0.39, 0.29) is 23.2 Å². The van der Waals surface area contributed by atoms with E-state index in [0.717, 1.165) is 12.8 Å². The minimum absolute atomic E-state index is 0.111. The van der Waals surface area contributed by atoms with Gasteiger partial charge in [0.05, 0.1) is 12.6 Å². The monoisotopic (exact) mass is 299 g/mol. The van der Waals surface area contributed by atoms with Crippen LogP contribution in [0.1, 0.15) is 53.9 Å². The van der Waals surface area contributed by atoms with E-state index in [1.165, 1.54) is 0 Å². The number of ether oxygens (including phenoxy) is 2. The fourth-order valence-electron chi connectivity index (χ4n) is 2.72. The summed E-state index contributed by atoms with van der Waals surface area (Å²) in [6, 6.07) is -0.336. The molecule has 0 radical (unpaired) electrons. The van der Waals surface area contributed by atoms with Crippen molar-refractivity contribution in [3.05, 3.63) is 0 Å². The summed E-state index contributed by atoms with van der Waals surface area (Å²) in [5, 5.41) is 2.81. The van der Waals surface area contributed by atoms with Crippen LogP contribution in [0.3, 0.4) is 0 Å². The number of amides is 1. The quantitative estimate of drug-likeness (QED) is 0.867. The first-order chi connectivity index (χ1) is 9.54. The second-order valence-corrected chi connectivity index (χ2v) is 7.65. The third-order valence-electron chi connectivity index (χ3n) is 3.77. The van der Waals surface area contributed by atoms with E-state index in [9.17, 15) is 9.59 Å². The molecule has 0 aromatic heterocycles. The van der Waals surface area contributed by atoms with Crippen molar-refractivity contribution >= 4 is 11.9 Å². The van der Waals surface area contributed by atoms with Crippen LogP contribution in [0, 0.1) is 11.3 Å². The number of alkyl carbamates (subject to hydrolysis) is 1. The maximum Gasteiger partial charge on any atom is 0.407 e. The molecule has 5 heteroatoms. The van der Waals surface area contributed by atoms with Gasteiger partial charge in [-0.05, 0) is 39.0 Å². The van der Waals surface area contributed by atoms with Crippen molar-refractivity contribution in [1.82, 2.24) is 5.32 Å². The van der Waals surface area contributed by atoms with Crippen LogP contribution in [0.4, 0.5) is 4.79 Å². The summed E-state index contributed by atoms with van der Waals surface area (Å²) < 4.78 is 10.5. The lowest BCUT2D eigenvalue weighted by atomic mass is 9.69. The number of hydrogen-bond donors (Lipinski definition) is 1. The molecule has 0 spiro atoms. The number of methoxy groups -OCH3 is 1. The molecule has 1 aliphatic carbocycles. The van der Waals surface area contributed by atoms with Gasteiger partial charge in [0.2, 0.25) is 0 Å². The van der Waals surface area contributed by atoms with Crippen molar-refractivity contribution in [3.8, 4) is 0 Å². The molecule has 1 fully saturated rings. The molecule has 0 heterocycles. The highest BCUT2D eigenvalue weighted by atomic mass is 16.6. The smallest absolute Gasteiger partial charge is 0.407 e. The number of Topliss-reactive ketones (excluding diaryl/α,β-unsaturated/α-hetero) is 1. The first kappa shape index (κ1) is 18.0. The molecule has 2 unspecified atom stereocenters. The Morgan fingerprint density at radius 1 is 1.43 bits per heavy atom. The number of rotatable bonds is 4. The molecular formula is C16H29NO4. The molecule has 5 nitrogen and oxygen atoms in total. The van der Waals surface area contributed by atoms with Crippen molar-refractivity contribution in [2.75, 3.05) is 13.7 Å². The number of carbonyl (C=O) groups is 2. The van der Waals surface area contributed by atoms with E-state index in [1.54, 1.807) is 7.11 Å². The van der Waals surface area contributed by atoms with Gasteiger partial charge in [-0.1, -0.05) is 13.8 Å². The van der Waals surface area contributed by atoms with Gasteiger partial charge >= 0.3 is 6.09 Å². The van der Waals surface area contributed by atoms with Gasteiger partial charge in [0.25, 0.3) is 0 Å². The van der Waals surface area contributed by atoms with Gasteiger partial charge in [-0.25, -0.2) is 4.79 Å². The fraction of sp³-hybridized carbons (Fsp3) is 0.875. The second kappa shape index (κ2) is 6.77. The zero-order valence-corrected chi connectivity index (χ0v) is 14.1. The molecule has 122 valence electrons. The van der Waals surface area contributed by atoms with E-state index < -0.39 is 11.7 Å². The average Bonchev–Trinajstić information content (AvgIpc) is 2.29. The predicted octanol–water partition coefficient (Wildman–Crippen LogP) is 2.92. The normalized spacial score (nSPS) is 23.5. The van der Waals surface area contributed by atoms with Crippen molar-refractivity contribution < 1.29 is 19.1 Å². The van der Waals surface area contributed by atoms with Crippen LogP contribution in [0.25, 0.3) is 0 Å². The van der Waals surface area contributed by atoms with E-state index in [4.69, 9.17) is 9.47 Å². The highest BCUT2D eigenvalue weighted by Crippen LogP contribution is 2.38. The molecule has 0 aromatic carbocycles. The van der Waals surface area contributed by atoms with Crippen LogP contribution in [-0.2, 0) is 14.3 Å². The number of carbonyl (C=O) groups excluding carboxylic acids is 2. The first-order valence-electron chi connectivity index (χ1n) is 7.55. The van der Waals surface area contributed by atoms with Crippen molar-refractivity contribution in [2.24, 2.45) is 11.3 Å². The highest BCUT2D eigenvalue weighted by Gasteiger charge is 2.39. The third-order valence-corrected chi connectivity index (χ3v) is 3.77. The predicted molar refractivity (Wildman–Crippen MR) is 81.2 cm³/mol. The lowest BCUT2D eigenvalue weighted by Gasteiger charge is -2.38. The molecule has 0 aromatic rings. The zero-order chi connectivity index (χ0) is 16.3. The lowest BCUT2D eigenvalue weighted by Crippen LogP contribution is -2.50. The molecule has 1 amide bonds. The van der Waals surface area contributed by atoms with E-state index in [0.29, 0.717) is 13.0 Å². The summed E-state index contributed by atoms with van der Waals surface area (Å²) in [5.74, 6) is -0.00588. The van der Waals surface area contributed by atoms with Crippen LogP contribution in [0.5, 0.6) is 0 Å². The van der Waals surface area contributed by atoms with Gasteiger partial charge in [-0.3, -0.25) is 4.79 Å². The van der Waals surface area contributed by atoms with E-state index in [1.807, 2.05) is 20.8 Å². The van der Waals surface area contributed by atoms with Crippen molar-refractivity contribution in [2.45, 2.75) is 65.5 Å². The Morgan fingerprint density at radius 3 is 2.57 bits per heavy atom. The fourth-order valence-corrected chi connectivity index (χ4v) is 2.72. The summed E-state index contributed by atoms with van der Waals surface area (Å²) in [6.45, 7) is 10.1. The largest absolute Gasteiger partial charge is 0.444 e. The van der Waals surface area contributed by atoms with Crippen LogP contribution in [-0.4, -0.2) is 37.2 Å². The Kier molecular flexibility index (Phi) is 5.79. The maximum absolute atomic E-state index is 12.2. The standard InChI is InChI=1S/C16H29NO4/c1-15(2,3)21-14(19)17-12(10-20-6)11-9-16(4,5)8-7-13(11)18/h11-12H,7-10H2,1-6H3,(H,17,19). The average molecular weight is 299 g/mol. The molecule has 0 bridgehead atoms. The van der Waals surface area contributed by atoms with Crippen LogP contribution < -0.4 is 5.32 Å². The summed E-state index contributed by atoms with van der Waals surface area (Å²) in [5.41, 5.74) is -0.447. The topological polar surface area (TPSA) is 64.6 Å². The Bertz CT molecular complexity index is 384. The van der Waals surface area contributed by atoms with Crippen LogP contribution in [0.15, 0.2) is 0 Å². The third kappa shape index (κ3) is 6.04. The number of nitrogens with one attached hydrogen (secondary N) is 1. The Hall–Kier alpha value is -1.10. The van der Waals surface area contributed by atoms with Gasteiger partial charge < -0.3 is 14.8 Å². The molecule has 1 N–H and O–H groups in total. The lowest BCUT2D eigenvalue weighted by molar-refractivity contribution is -0.128. The van der Waals surface area contributed by atoms with Crippen molar-refractivity contribution in [3.63, 3.8) is 0 Å². The highest BCUT2D eigenvalue weighted by molar-refractivity contribution is 5.83. The number of hydrogen-bond acceptors (Lipinski definition) is 4. The summed E-state index contributed by atoms with van der Waals surface area (Å²) in [6.07, 6.45) is 1.72. The summed E-state index contributed by atoms with van der Waals surface area (Å²) in [4.78, 5) is 24.2. The molecule has 1 saturated carbocycles. The van der Waals surface area contributed by atoms with Gasteiger partial charge in [0, 0.05) is 19.4 Å². The first-order valence-corrected chi connectivity index (χ1v) is 7.55. The molecule has 1 aliphatic rings. The summed E-state index contributed by atoms with van der Waals surface area (Å²) in [7, 11) is 1.57. The van der Waals surface area contributed by atoms with Gasteiger partial charge in [-0.15, -0.1) is 0 Å². The maximum atomic E-state index is 12.2.